The van der Waals surface area contributed by atoms with Crippen LogP contribution in [-0.4, -0.2) is 22.7 Å². The van der Waals surface area contributed by atoms with Crippen LogP contribution in [0.1, 0.15) is 36.6 Å². The number of H-pyrrole nitrogens is 1. The van der Waals surface area contributed by atoms with Gasteiger partial charge in [0.1, 0.15) is 0 Å². The highest BCUT2D eigenvalue weighted by Crippen LogP contribution is 2.60. The molecule has 6 rings (SSSR count). The largest absolute Gasteiger partial charge is 0.357 e. The van der Waals surface area contributed by atoms with Gasteiger partial charge in [0.15, 0.2) is 0 Å². The fourth-order valence-electron chi connectivity index (χ4n) is 5.78. The predicted molar refractivity (Wildman–Crippen MR) is 80.6 cm³/mol. The van der Waals surface area contributed by atoms with Crippen LogP contribution >= 0.6 is 0 Å². The first-order valence-electron chi connectivity index (χ1n) is 8.43. The van der Waals surface area contributed by atoms with E-state index in [9.17, 15) is 0 Å². The molecule has 0 unspecified atom stereocenters. The Hall–Kier alpha value is -1.32. The molecule has 1 aromatic heterocycles. The van der Waals surface area contributed by atoms with Crippen LogP contribution in [0.2, 0.25) is 0 Å². The van der Waals surface area contributed by atoms with Gasteiger partial charge in [0.25, 0.3) is 0 Å². The molecule has 21 heavy (non-hydrogen) atoms. The molecule has 0 spiro atoms. The van der Waals surface area contributed by atoms with Gasteiger partial charge in [-0.15, -0.1) is 0 Å². The number of hydroxylamine groups is 2. The third-order valence-electron chi connectivity index (χ3n) is 6.56. The Balaban J connectivity index is 1.54. The summed E-state index contributed by atoms with van der Waals surface area (Å²) in [6.45, 7) is 1.06. The fraction of sp³-hybridized carbons (Fsp3) is 0.556. The molecule has 2 bridgehead atoms. The summed E-state index contributed by atoms with van der Waals surface area (Å²) in [6, 6.07) is 9.27. The van der Waals surface area contributed by atoms with Gasteiger partial charge in [-0.2, -0.15) is 5.06 Å². The van der Waals surface area contributed by atoms with E-state index in [4.69, 9.17) is 4.84 Å². The first-order valence-corrected chi connectivity index (χ1v) is 8.43. The van der Waals surface area contributed by atoms with E-state index in [-0.39, 0.29) is 0 Å². The van der Waals surface area contributed by atoms with Crippen molar-refractivity contribution in [2.45, 2.75) is 37.8 Å². The molecule has 0 amide bonds. The van der Waals surface area contributed by atoms with Gasteiger partial charge in [0.2, 0.25) is 0 Å². The molecule has 2 aliphatic heterocycles. The number of nitrogens with one attached hydrogen (secondary N) is 1. The van der Waals surface area contributed by atoms with E-state index >= 15 is 0 Å². The van der Waals surface area contributed by atoms with E-state index in [1.807, 2.05) is 0 Å². The van der Waals surface area contributed by atoms with Gasteiger partial charge in [-0.3, -0.25) is 4.84 Å². The normalized spacial score (nSPS) is 40.5. The second kappa shape index (κ2) is 3.71. The van der Waals surface area contributed by atoms with Crippen molar-refractivity contribution in [3.8, 4) is 0 Å². The Morgan fingerprint density at radius 1 is 1.14 bits per heavy atom. The van der Waals surface area contributed by atoms with E-state index in [1.54, 1.807) is 5.56 Å². The molecular formula is C18H20N2O. The zero-order chi connectivity index (χ0) is 13.6. The lowest BCUT2D eigenvalue weighted by atomic mass is 9.79. The summed E-state index contributed by atoms with van der Waals surface area (Å²) in [4.78, 5) is 10.1. The standard InChI is InChI=1S/C18H20N2O/c1-2-4-14-12(3-1)13-7-8-20-17(16(13)19-14)15-10-5-6-11(9-10)18(15)21-20/h1-4,10-11,15,17-19H,5-9H2/t10-,11+,15-,17+,18-/m0/s1. The summed E-state index contributed by atoms with van der Waals surface area (Å²) in [5, 5.41) is 3.75. The van der Waals surface area contributed by atoms with Crippen LogP contribution in [0.4, 0.5) is 0 Å². The Morgan fingerprint density at radius 2 is 2.05 bits per heavy atom. The van der Waals surface area contributed by atoms with E-state index in [0.717, 1.165) is 30.7 Å². The predicted octanol–water partition coefficient (Wildman–Crippen LogP) is 3.43. The van der Waals surface area contributed by atoms with Crippen molar-refractivity contribution in [2.24, 2.45) is 17.8 Å². The SMILES string of the molecule is c1ccc2c3c([nH]c2c1)[C@H]1[C@@H]2[C@H]4CC[C@H](C4)[C@@H]2ON1CC3. The van der Waals surface area contributed by atoms with Gasteiger partial charge < -0.3 is 4.98 Å². The maximum atomic E-state index is 6.39. The van der Waals surface area contributed by atoms with Crippen molar-refractivity contribution < 1.29 is 4.84 Å². The summed E-state index contributed by atoms with van der Waals surface area (Å²) < 4.78 is 0. The molecule has 1 aromatic carbocycles. The molecule has 3 heterocycles. The van der Waals surface area contributed by atoms with Crippen molar-refractivity contribution >= 4 is 10.9 Å². The maximum Gasteiger partial charge on any atom is 0.0872 e. The Morgan fingerprint density at radius 3 is 3.05 bits per heavy atom. The zero-order valence-electron chi connectivity index (χ0n) is 12.1. The molecule has 5 atom stereocenters. The number of hydrogen-bond donors (Lipinski definition) is 1. The lowest BCUT2D eigenvalue weighted by Gasteiger charge is -2.32. The van der Waals surface area contributed by atoms with Gasteiger partial charge >= 0.3 is 0 Å². The van der Waals surface area contributed by atoms with Crippen LogP contribution in [0.25, 0.3) is 10.9 Å². The maximum absolute atomic E-state index is 6.39. The molecule has 4 aliphatic rings. The highest BCUT2D eigenvalue weighted by molar-refractivity contribution is 5.85. The van der Waals surface area contributed by atoms with Gasteiger partial charge in [-0.05, 0) is 49.1 Å². The molecule has 3 fully saturated rings. The molecule has 2 saturated carbocycles. The topological polar surface area (TPSA) is 28.3 Å². The minimum atomic E-state index is 0.487. The number of fused-ring (bicyclic) bond motifs is 11. The third kappa shape index (κ3) is 1.28. The second-order valence-corrected chi connectivity index (χ2v) is 7.38. The Labute approximate surface area is 124 Å². The molecule has 2 aliphatic carbocycles. The number of aromatic nitrogens is 1. The first-order chi connectivity index (χ1) is 10.4. The van der Waals surface area contributed by atoms with Gasteiger partial charge in [-0.1, -0.05) is 18.2 Å². The molecule has 3 heteroatoms. The number of nitrogens with zero attached hydrogens (tertiary/aromatic N) is 1. The zero-order valence-corrected chi connectivity index (χ0v) is 12.1. The molecule has 3 nitrogen and oxygen atoms in total. The van der Waals surface area contributed by atoms with Crippen LogP contribution in [0.15, 0.2) is 24.3 Å². The van der Waals surface area contributed by atoms with Gasteiger partial charge in [-0.25, -0.2) is 0 Å². The lowest BCUT2D eigenvalue weighted by molar-refractivity contribution is -0.177. The summed E-state index contributed by atoms with van der Waals surface area (Å²) in [6.07, 6.45) is 5.85. The van der Waals surface area contributed by atoms with Crippen LogP contribution in [0.3, 0.4) is 0 Å². The molecule has 0 radical (unpaired) electrons. The lowest BCUT2D eigenvalue weighted by Crippen LogP contribution is -2.33. The summed E-state index contributed by atoms with van der Waals surface area (Å²) in [7, 11) is 0. The molecule has 2 aromatic rings. The van der Waals surface area contributed by atoms with E-state index in [1.165, 1.54) is 35.9 Å². The summed E-state index contributed by atoms with van der Waals surface area (Å²) in [5.74, 6) is 2.46. The highest BCUT2D eigenvalue weighted by atomic mass is 16.7. The van der Waals surface area contributed by atoms with E-state index in [2.05, 4.69) is 34.3 Å². The average Bonchev–Trinajstić information content (AvgIpc) is 3.25. The molecular weight excluding hydrogens is 260 g/mol. The van der Waals surface area contributed by atoms with E-state index < -0.39 is 0 Å². The van der Waals surface area contributed by atoms with Crippen LogP contribution in [0.5, 0.6) is 0 Å². The number of benzene rings is 1. The number of rotatable bonds is 0. The minimum Gasteiger partial charge on any atom is -0.357 e. The van der Waals surface area contributed by atoms with E-state index in [0.29, 0.717) is 12.1 Å². The molecule has 1 N–H and O–H groups in total. The fourth-order valence-corrected chi connectivity index (χ4v) is 5.78. The van der Waals surface area contributed by atoms with Crippen LogP contribution in [0, 0.1) is 17.8 Å². The number of para-hydroxylation sites is 1. The quantitative estimate of drug-likeness (QED) is 0.801. The number of hydrogen-bond acceptors (Lipinski definition) is 2. The third-order valence-corrected chi connectivity index (χ3v) is 6.56. The van der Waals surface area contributed by atoms with Gasteiger partial charge in [0, 0.05) is 29.1 Å². The monoisotopic (exact) mass is 280 g/mol. The molecule has 1 saturated heterocycles. The van der Waals surface area contributed by atoms with Crippen molar-refractivity contribution in [1.29, 1.82) is 0 Å². The van der Waals surface area contributed by atoms with Crippen molar-refractivity contribution in [3.63, 3.8) is 0 Å². The Kier molecular flexibility index (Phi) is 1.99. The number of aromatic amines is 1. The summed E-state index contributed by atoms with van der Waals surface area (Å²) in [5.41, 5.74) is 4.32. The minimum absolute atomic E-state index is 0.487. The van der Waals surface area contributed by atoms with Crippen molar-refractivity contribution in [1.82, 2.24) is 10.0 Å². The van der Waals surface area contributed by atoms with Crippen molar-refractivity contribution in [2.75, 3.05) is 6.54 Å². The van der Waals surface area contributed by atoms with Gasteiger partial charge in [0.05, 0.1) is 12.1 Å². The molecule has 108 valence electrons. The average molecular weight is 280 g/mol. The second-order valence-electron chi connectivity index (χ2n) is 7.38. The smallest absolute Gasteiger partial charge is 0.0872 e. The highest BCUT2D eigenvalue weighted by Gasteiger charge is 2.59. The Bertz CT molecular complexity index is 736. The van der Waals surface area contributed by atoms with Crippen LogP contribution in [-0.2, 0) is 11.3 Å². The first kappa shape index (κ1) is 11.3. The summed E-state index contributed by atoms with van der Waals surface area (Å²) >= 11 is 0. The van der Waals surface area contributed by atoms with Crippen molar-refractivity contribution in [3.05, 3.63) is 35.5 Å². The van der Waals surface area contributed by atoms with Crippen LogP contribution < -0.4 is 0 Å².